The van der Waals surface area contributed by atoms with Crippen molar-refractivity contribution in [2.45, 2.75) is 39.0 Å². The van der Waals surface area contributed by atoms with E-state index in [4.69, 9.17) is 18.0 Å². The van der Waals surface area contributed by atoms with Crippen LogP contribution in [0.25, 0.3) is 10.2 Å². The Labute approximate surface area is 167 Å². The summed E-state index contributed by atoms with van der Waals surface area (Å²) in [4.78, 5) is 12.8. The van der Waals surface area contributed by atoms with Crippen molar-refractivity contribution in [1.82, 2.24) is 24.7 Å². The molecule has 3 aromatic heterocycles. The molecule has 12 heteroatoms. The second kappa shape index (κ2) is 6.92. The topological polar surface area (TPSA) is 85.8 Å². The summed E-state index contributed by atoms with van der Waals surface area (Å²) in [5, 5.41) is 7.90. The number of thiocarbonyl (C=S) groups is 1. The van der Waals surface area contributed by atoms with Crippen molar-refractivity contribution in [2.75, 3.05) is 11.4 Å². The van der Waals surface area contributed by atoms with Crippen LogP contribution in [0.15, 0.2) is 6.07 Å². The summed E-state index contributed by atoms with van der Waals surface area (Å²) in [6, 6.07) is 2.03. The molecule has 0 radical (unpaired) electrons. The Morgan fingerprint density at radius 3 is 2.75 bits per heavy atom. The molecule has 148 valence electrons. The Balaban J connectivity index is 1.76. The zero-order valence-corrected chi connectivity index (χ0v) is 16.5. The van der Waals surface area contributed by atoms with E-state index in [0.29, 0.717) is 12.4 Å². The molecule has 0 unspecified atom stereocenters. The Bertz CT molecular complexity index is 1060. The normalized spacial score (nSPS) is 14.5. The number of thiophene rings is 1. The molecule has 3 aromatic rings. The highest BCUT2D eigenvalue weighted by molar-refractivity contribution is 7.80. The number of hydrogen-bond donors (Lipinski definition) is 1. The van der Waals surface area contributed by atoms with Crippen LogP contribution in [-0.2, 0) is 25.7 Å². The SMILES string of the molecule is CCCc1cc2c(N3CCn4c(nnc4C(F)(F)F)C3)nc(C(N)=S)nc2s1. The van der Waals surface area contributed by atoms with Gasteiger partial charge in [-0.1, -0.05) is 25.6 Å². The highest BCUT2D eigenvalue weighted by Crippen LogP contribution is 2.34. The van der Waals surface area contributed by atoms with Crippen molar-refractivity contribution in [3.05, 3.63) is 28.4 Å². The van der Waals surface area contributed by atoms with Gasteiger partial charge in [0.05, 0.1) is 11.9 Å². The average molecular weight is 427 g/mol. The predicted molar refractivity (Wildman–Crippen MR) is 103 cm³/mol. The zero-order chi connectivity index (χ0) is 20.1. The molecule has 0 amide bonds. The molecule has 0 atom stereocenters. The van der Waals surface area contributed by atoms with Gasteiger partial charge in [-0.2, -0.15) is 13.2 Å². The molecule has 0 saturated carbocycles. The van der Waals surface area contributed by atoms with Crippen LogP contribution in [0, 0.1) is 0 Å². The maximum Gasteiger partial charge on any atom is 0.451 e. The number of anilines is 1. The Kier molecular flexibility index (Phi) is 4.70. The highest BCUT2D eigenvalue weighted by atomic mass is 32.1. The minimum absolute atomic E-state index is 0.0770. The molecule has 28 heavy (non-hydrogen) atoms. The van der Waals surface area contributed by atoms with Crippen LogP contribution in [0.5, 0.6) is 0 Å². The fraction of sp³-hybridized carbons (Fsp3) is 0.438. The van der Waals surface area contributed by atoms with E-state index in [1.165, 1.54) is 0 Å². The highest BCUT2D eigenvalue weighted by Gasteiger charge is 2.39. The summed E-state index contributed by atoms with van der Waals surface area (Å²) < 4.78 is 40.3. The molecule has 4 rings (SSSR count). The predicted octanol–water partition coefficient (Wildman–Crippen LogP) is 2.91. The quantitative estimate of drug-likeness (QED) is 0.641. The van der Waals surface area contributed by atoms with Crippen molar-refractivity contribution in [3.8, 4) is 0 Å². The maximum absolute atomic E-state index is 13.1. The lowest BCUT2D eigenvalue weighted by Gasteiger charge is -2.29. The number of fused-ring (bicyclic) bond motifs is 2. The summed E-state index contributed by atoms with van der Waals surface area (Å²) >= 11 is 6.59. The molecule has 0 saturated heterocycles. The van der Waals surface area contributed by atoms with Crippen molar-refractivity contribution in [1.29, 1.82) is 0 Å². The van der Waals surface area contributed by atoms with Crippen LogP contribution >= 0.6 is 23.6 Å². The molecule has 1 aliphatic heterocycles. The van der Waals surface area contributed by atoms with Gasteiger partial charge in [0.15, 0.2) is 11.6 Å². The third-order valence-corrected chi connectivity index (χ3v) is 5.72. The van der Waals surface area contributed by atoms with Gasteiger partial charge in [-0.15, -0.1) is 21.5 Å². The van der Waals surface area contributed by atoms with Crippen LogP contribution in [-0.4, -0.2) is 36.3 Å². The first-order chi connectivity index (χ1) is 13.3. The molecule has 7 nitrogen and oxygen atoms in total. The van der Waals surface area contributed by atoms with Crippen LogP contribution in [0.2, 0.25) is 0 Å². The van der Waals surface area contributed by atoms with E-state index in [1.54, 1.807) is 11.3 Å². The minimum Gasteiger partial charge on any atom is -0.387 e. The summed E-state index contributed by atoms with van der Waals surface area (Å²) in [6.45, 7) is 2.69. The number of nitrogens with two attached hydrogens (primary N) is 1. The lowest BCUT2D eigenvalue weighted by molar-refractivity contribution is -0.147. The van der Waals surface area contributed by atoms with Crippen LogP contribution < -0.4 is 10.6 Å². The number of aryl methyl sites for hydroxylation is 1. The first kappa shape index (κ1) is 19.0. The fourth-order valence-electron chi connectivity index (χ4n) is 3.23. The van der Waals surface area contributed by atoms with Crippen molar-refractivity contribution < 1.29 is 13.2 Å². The van der Waals surface area contributed by atoms with E-state index < -0.39 is 12.0 Å². The third-order valence-electron chi connectivity index (χ3n) is 4.45. The van der Waals surface area contributed by atoms with Crippen LogP contribution in [0.3, 0.4) is 0 Å². The van der Waals surface area contributed by atoms with E-state index in [2.05, 4.69) is 27.1 Å². The van der Waals surface area contributed by atoms with Gasteiger partial charge in [0.1, 0.15) is 15.6 Å². The molecule has 2 N–H and O–H groups in total. The molecule has 0 fully saturated rings. The molecule has 0 spiro atoms. The second-order valence-electron chi connectivity index (χ2n) is 6.43. The molecular weight excluding hydrogens is 411 g/mol. The maximum atomic E-state index is 13.1. The summed E-state index contributed by atoms with van der Waals surface area (Å²) in [7, 11) is 0. The molecular formula is C16H16F3N7S2. The van der Waals surface area contributed by atoms with Gasteiger partial charge >= 0.3 is 6.18 Å². The van der Waals surface area contributed by atoms with E-state index in [-0.39, 0.29) is 29.7 Å². The first-order valence-corrected chi connectivity index (χ1v) is 9.85. The van der Waals surface area contributed by atoms with Crippen molar-refractivity contribution in [3.63, 3.8) is 0 Å². The van der Waals surface area contributed by atoms with Gasteiger partial charge < -0.3 is 15.2 Å². The van der Waals surface area contributed by atoms with Crippen molar-refractivity contribution >= 4 is 44.6 Å². The van der Waals surface area contributed by atoms with Gasteiger partial charge in [-0.05, 0) is 12.5 Å². The molecule has 4 heterocycles. The first-order valence-electron chi connectivity index (χ1n) is 8.62. The Hall–Kier alpha value is -2.34. The second-order valence-corrected chi connectivity index (χ2v) is 7.98. The number of halogens is 3. The van der Waals surface area contributed by atoms with Crippen LogP contribution in [0.1, 0.15) is 35.7 Å². The lowest BCUT2D eigenvalue weighted by Crippen LogP contribution is -2.36. The van der Waals surface area contributed by atoms with Crippen LogP contribution in [0.4, 0.5) is 19.0 Å². The smallest absolute Gasteiger partial charge is 0.387 e. The van der Waals surface area contributed by atoms with Gasteiger partial charge in [0, 0.05) is 18.0 Å². The van der Waals surface area contributed by atoms with E-state index in [1.807, 2.05) is 11.0 Å². The monoisotopic (exact) mass is 427 g/mol. The van der Waals surface area contributed by atoms with E-state index in [9.17, 15) is 13.2 Å². The standard InChI is InChI=1S/C16H16F3N7S2/c1-2-3-8-6-9-13(21-12(11(20)27)22-14(9)28-8)25-4-5-26-10(7-25)23-24-15(26)16(17,18)19/h6H,2-5,7H2,1H3,(H2,20,27). The zero-order valence-electron chi connectivity index (χ0n) is 14.8. The van der Waals surface area contributed by atoms with Gasteiger partial charge in [0.25, 0.3) is 0 Å². The van der Waals surface area contributed by atoms with Gasteiger partial charge in [-0.25, -0.2) is 9.97 Å². The summed E-state index contributed by atoms with van der Waals surface area (Å²) in [5.74, 6) is 0.130. The van der Waals surface area contributed by atoms with Gasteiger partial charge in [0.2, 0.25) is 5.82 Å². The number of rotatable bonds is 4. The Morgan fingerprint density at radius 1 is 1.29 bits per heavy atom. The fourth-order valence-corrected chi connectivity index (χ4v) is 4.44. The van der Waals surface area contributed by atoms with Gasteiger partial charge in [-0.3, -0.25) is 0 Å². The third kappa shape index (κ3) is 3.30. The average Bonchev–Trinajstić information content (AvgIpc) is 3.23. The summed E-state index contributed by atoms with van der Waals surface area (Å²) in [6.07, 6.45) is -2.63. The number of alkyl halides is 3. The largest absolute Gasteiger partial charge is 0.451 e. The number of aromatic nitrogens is 5. The molecule has 0 aromatic carbocycles. The number of nitrogens with zero attached hydrogens (tertiary/aromatic N) is 6. The Morgan fingerprint density at radius 2 is 2.07 bits per heavy atom. The lowest BCUT2D eigenvalue weighted by atomic mass is 10.2. The molecule has 0 bridgehead atoms. The van der Waals surface area contributed by atoms with Crippen molar-refractivity contribution in [2.24, 2.45) is 5.73 Å². The van der Waals surface area contributed by atoms with E-state index in [0.717, 1.165) is 32.5 Å². The minimum atomic E-state index is -4.53. The number of hydrogen-bond acceptors (Lipinski definition) is 7. The summed E-state index contributed by atoms with van der Waals surface area (Å²) in [5.41, 5.74) is 5.74. The van der Waals surface area contributed by atoms with E-state index >= 15 is 0 Å². The molecule has 1 aliphatic rings. The molecule has 0 aliphatic carbocycles.